The molecule has 0 amide bonds. The fraction of sp³-hybridized carbons (Fsp3) is 0.375. The average molecular weight is 477 g/mol. The average Bonchev–Trinajstić information content (AvgIpc) is 3.21. The number of pyridine rings is 1. The Labute approximate surface area is 195 Å². The Balaban J connectivity index is 1.71. The molecule has 0 atom stereocenters. The van der Waals surface area contributed by atoms with Gasteiger partial charge in [-0.25, -0.2) is 9.67 Å². The summed E-state index contributed by atoms with van der Waals surface area (Å²) in [7, 11) is 1.50. The van der Waals surface area contributed by atoms with Gasteiger partial charge in [0.05, 0.1) is 25.0 Å². The van der Waals surface area contributed by atoms with Crippen LogP contribution in [0.2, 0.25) is 0 Å². The number of alkyl halides is 3. The first kappa shape index (κ1) is 25.1. The Morgan fingerprint density at radius 2 is 1.88 bits per heavy atom. The zero-order valence-corrected chi connectivity index (χ0v) is 19.3. The van der Waals surface area contributed by atoms with Gasteiger partial charge in [0, 0.05) is 19.3 Å². The van der Waals surface area contributed by atoms with Crippen LogP contribution >= 0.6 is 0 Å². The van der Waals surface area contributed by atoms with E-state index in [9.17, 15) is 18.0 Å². The van der Waals surface area contributed by atoms with Gasteiger partial charge >= 0.3 is 12.1 Å². The van der Waals surface area contributed by atoms with Gasteiger partial charge in [0.25, 0.3) is 0 Å². The number of hydrogen-bond acceptors (Lipinski definition) is 6. The van der Waals surface area contributed by atoms with Crippen LogP contribution in [-0.4, -0.2) is 34.5 Å². The highest BCUT2D eigenvalue weighted by Gasteiger charge is 2.30. The quantitative estimate of drug-likeness (QED) is 0.235. The predicted molar refractivity (Wildman–Crippen MR) is 119 cm³/mol. The number of aryl methyl sites for hydroxylation is 1. The van der Waals surface area contributed by atoms with Gasteiger partial charge in [0.2, 0.25) is 5.75 Å². The molecule has 0 unspecified atom stereocenters. The van der Waals surface area contributed by atoms with Crippen LogP contribution < -0.4 is 14.2 Å². The van der Waals surface area contributed by atoms with Crippen LogP contribution in [0, 0.1) is 0 Å². The molecule has 3 rings (SSSR count). The van der Waals surface area contributed by atoms with Gasteiger partial charge in [-0.05, 0) is 48.6 Å². The van der Waals surface area contributed by atoms with E-state index in [1.807, 2.05) is 13.8 Å². The Hall–Kier alpha value is -3.56. The minimum Gasteiger partial charge on any atom is -0.493 e. The van der Waals surface area contributed by atoms with Gasteiger partial charge in [-0.3, -0.25) is 4.79 Å². The van der Waals surface area contributed by atoms with Gasteiger partial charge in [0.15, 0.2) is 17.3 Å². The molecule has 0 N–H and O–H groups in total. The molecule has 7 nitrogen and oxygen atoms in total. The van der Waals surface area contributed by atoms with Crippen LogP contribution in [0.15, 0.2) is 42.7 Å². The molecule has 0 fully saturated rings. The number of ether oxygens (including phenoxy) is 3. The molecule has 10 heteroatoms. The fourth-order valence-corrected chi connectivity index (χ4v) is 3.38. The molecule has 0 saturated heterocycles. The molecule has 0 saturated carbocycles. The lowest BCUT2D eigenvalue weighted by Crippen LogP contribution is -2.07. The lowest BCUT2D eigenvalue weighted by molar-refractivity contribution is -0.138. The van der Waals surface area contributed by atoms with E-state index in [1.54, 1.807) is 24.4 Å². The largest absolute Gasteiger partial charge is 0.493 e. The molecule has 1 aromatic carbocycles. The van der Waals surface area contributed by atoms with Crippen molar-refractivity contribution in [2.24, 2.45) is 0 Å². The van der Waals surface area contributed by atoms with Crippen molar-refractivity contribution in [3.8, 4) is 23.1 Å². The summed E-state index contributed by atoms with van der Waals surface area (Å²) < 4.78 is 56.3. The molecular weight excluding hydrogens is 451 g/mol. The van der Waals surface area contributed by atoms with Gasteiger partial charge in [-0.2, -0.15) is 18.3 Å². The summed E-state index contributed by atoms with van der Waals surface area (Å²) in [5.74, 6) is 1.01. The number of benzene rings is 1. The van der Waals surface area contributed by atoms with Crippen molar-refractivity contribution >= 4 is 5.97 Å². The van der Waals surface area contributed by atoms with Crippen LogP contribution in [0.25, 0.3) is 5.82 Å². The van der Waals surface area contributed by atoms with Gasteiger partial charge in [0.1, 0.15) is 0 Å². The minimum absolute atomic E-state index is 0.108. The van der Waals surface area contributed by atoms with Crippen molar-refractivity contribution in [2.75, 3.05) is 13.7 Å². The van der Waals surface area contributed by atoms with Crippen molar-refractivity contribution in [3.63, 3.8) is 0 Å². The molecular formula is C24H26F3N3O4. The van der Waals surface area contributed by atoms with Crippen LogP contribution in [0.1, 0.15) is 49.9 Å². The number of hydrogen-bond donors (Lipinski definition) is 0. The topological polar surface area (TPSA) is 75.5 Å². The number of nitrogens with zero attached hydrogens (tertiary/aromatic N) is 3. The molecule has 0 aliphatic rings. The zero-order chi connectivity index (χ0) is 24.9. The Kier molecular flexibility index (Phi) is 7.80. The third-order valence-corrected chi connectivity index (χ3v) is 4.93. The lowest BCUT2D eigenvalue weighted by atomic mass is 10.0. The second-order valence-corrected chi connectivity index (χ2v) is 7.87. The van der Waals surface area contributed by atoms with Gasteiger partial charge in [-0.1, -0.05) is 19.9 Å². The SMILES string of the molecule is COc1cccc(OC(C)=O)c1OCCCc1cn(-c2ccc(C(F)(F)F)cn2)nc1C(C)C. The number of aromatic nitrogens is 3. The number of halogens is 3. The number of carbonyl (C=O) groups is 1. The normalized spacial score (nSPS) is 11.5. The summed E-state index contributed by atoms with van der Waals surface area (Å²) in [5.41, 5.74) is 0.967. The number of esters is 1. The van der Waals surface area contributed by atoms with E-state index in [0.717, 1.165) is 23.5 Å². The van der Waals surface area contributed by atoms with Crippen molar-refractivity contribution in [1.29, 1.82) is 0 Å². The minimum atomic E-state index is -4.44. The standard InChI is InChI=1S/C24H26F3N3O4/c1-15(2)22-17(14-30(29-22)21-11-10-18(13-28-21)24(25,26)27)7-6-12-33-23-19(32-4)8-5-9-20(23)34-16(3)31/h5,8-11,13-15H,6-7,12H2,1-4H3. The molecule has 0 radical (unpaired) electrons. The van der Waals surface area contributed by atoms with Gasteiger partial charge in [-0.15, -0.1) is 0 Å². The van der Waals surface area contributed by atoms with Crippen LogP contribution in [0.4, 0.5) is 13.2 Å². The summed E-state index contributed by atoms with van der Waals surface area (Å²) in [6, 6.07) is 7.31. The predicted octanol–water partition coefficient (Wildman–Crippen LogP) is 5.36. The number of para-hydroxylation sites is 1. The maximum Gasteiger partial charge on any atom is 0.417 e. The smallest absolute Gasteiger partial charge is 0.417 e. The second kappa shape index (κ2) is 10.6. The van der Waals surface area contributed by atoms with E-state index < -0.39 is 17.7 Å². The van der Waals surface area contributed by atoms with E-state index in [2.05, 4.69) is 10.1 Å². The summed E-state index contributed by atoms with van der Waals surface area (Å²) >= 11 is 0. The molecule has 0 bridgehead atoms. The Morgan fingerprint density at radius 3 is 2.47 bits per heavy atom. The fourth-order valence-electron chi connectivity index (χ4n) is 3.38. The summed E-state index contributed by atoms with van der Waals surface area (Å²) in [6.45, 7) is 5.61. The monoisotopic (exact) mass is 477 g/mol. The first-order valence-electron chi connectivity index (χ1n) is 10.7. The molecule has 182 valence electrons. The molecule has 34 heavy (non-hydrogen) atoms. The molecule has 0 spiro atoms. The number of carbonyl (C=O) groups excluding carboxylic acids is 1. The van der Waals surface area contributed by atoms with Gasteiger partial charge < -0.3 is 14.2 Å². The summed E-state index contributed by atoms with van der Waals surface area (Å²) in [5, 5.41) is 4.54. The third-order valence-electron chi connectivity index (χ3n) is 4.93. The molecule has 0 aliphatic carbocycles. The second-order valence-electron chi connectivity index (χ2n) is 7.87. The van der Waals surface area contributed by atoms with Crippen LogP contribution in [0.3, 0.4) is 0 Å². The van der Waals surface area contributed by atoms with E-state index in [-0.39, 0.29) is 11.7 Å². The lowest BCUT2D eigenvalue weighted by Gasteiger charge is -2.14. The highest BCUT2D eigenvalue weighted by Crippen LogP contribution is 2.37. The Bertz CT molecular complexity index is 1130. The van der Waals surface area contributed by atoms with Crippen LogP contribution in [0.5, 0.6) is 17.2 Å². The van der Waals surface area contributed by atoms with Crippen molar-refractivity contribution in [2.45, 2.75) is 45.7 Å². The number of methoxy groups -OCH3 is 1. The molecule has 2 heterocycles. The number of rotatable bonds is 9. The summed E-state index contributed by atoms with van der Waals surface area (Å²) in [4.78, 5) is 15.3. The Morgan fingerprint density at radius 1 is 1.15 bits per heavy atom. The molecule has 0 aliphatic heterocycles. The van der Waals surface area contributed by atoms with E-state index in [0.29, 0.717) is 36.8 Å². The van der Waals surface area contributed by atoms with E-state index in [1.165, 1.54) is 24.8 Å². The van der Waals surface area contributed by atoms with Crippen molar-refractivity contribution in [1.82, 2.24) is 14.8 Å². The van der Waals surface area contributed by atoms with Crippen molar-refractivity contribution < 1.29 is 32.2 Å². The van der Waals surface area contributed by atoms with Crippen LogP contribution in [-0.2, 0) is 17.4 Å². The third kappa shape index (κ3) is 6.06. The molecule has 3 aromatic rings. The maximum atomic E-state index is 12.8. The highest BCUT2D eigenvalue weighted by molar-refractivity contribution is 5.71. The summed E-state index contributed by atoms with van der Waals surface area (Å²) in [6.07, 6.45) is -0.637. The maximum absolute atomic E-state index is 12.8. The zero-order valence-electron chi connectivity index (χ0n) is 19.3. The van der Waals surface area contributed by atoms with E-state index >= 15 is 0 Å². The first-order valence-corrected chi connectivity index (χ1v) is 10.7. The van der Waals surface area contributed by atoms with Crippen molar-refractivity contribution in [3.05, 3.63) is 59.5 Å². The van der Waals surface area contributed by atoms with E-state index in [4.69, 9.17) is 14.2 Å². The first-order chi connectivity index (χ1) is 16.1. The molecule has 2 aromatic heterocycles. The highest BCUT2D eigenvalue weighted by atomic mass is 19.4.